The summed E-state index contributed by atoms with van der Waals surface area (Å²) in [6, 6.07) is 4.66. The first-order valence-corrected chi connectivity index (χ1v) is 8.87. The number of nitrogen functional groups attached to an aromatic ring is 2. The van der Waals surface area contributed by atoms with Gasteiger partial charge in [-0.3, -0.25) is 0 Å². The van der Waals surface area contributed by atoms with Crippen molar-refractivity contribution in [3.63, 3.8) is 0 Å². The zero-order valence-electron chi connectivity index (χ0n) is 16.0. The number of nitrogens with two attached hydrogens (primary N) is 2. The summed E-state index contributed by atoms with van der Waals surface area (Å²) in [5.41, 5.74) is 8.57. The topological polar surface area (TPSA) is 77.8 Å². The highest BCUT2D eigenvalue weighted by Crippen LogP contribution is 2.34. The molecular weight excluding hydrogens is 448 g/mol. The van der Waals surface area contributed by atoms with E-state index in [9.17, 15) is 35.1 Å². The standard InChI is InChI=1S/C20H14F8N4/c21-14-3-1-9(6-12(14)19(23,24)25)5-11-16(31-18(30)32-17(11)29)8-10-2-4-15(22)13(7-10)20(26,27)28/h1-4,6-7H,5,8H2,(H4,29,30,31,32). The van der Waals surface area contributed by atoms with Gasteiger partial charge in [0.15, 0.2) is 0 Å². The Morgan fingerprint density at radius 3 is 1.62 bits per heavy atom. The van der Waals surface area contributed by atoms with Crippen LogP contribution in [-0.2, 0) is 25.2 Å². The lowest BCUT2D eigenvalue weighted by atomic mass is 9.97. The van der Waals surface area contributed by atoms with Gasteiger partial charge in [-0.15, -0.1) is 0 Å². The number of hydrogen-bond donors (Lipinski definition) is 2. The van der Waals surface area contributed by atoms with Crippen LogP contribution in [0, 0.1) is 11.6 Å². The maximum atomic E-state index is 13.6. The first-order valence-electron chi connectivity index (χ1n) is 8.87. The number of benzene rings is 2. The van der Waals surface area contributed by atoms with E-state index >= 15 is 0 Å². The van der Waals surface area contributed by atoms with E-state index in [2.05, 4.69) is 9.97 Å². The molecule has 0 radical (unpaired) electrons. The molecule has 1 heterocycles. The average Bonchev–Trinajstić information content (AvgIpc) is 2.65. The molecular formula is C20H14F8N4. The van der Waals surface area contributed by atoms with Crippen LogP contribution in [-0.4, -0.2) is 9.97 Å². The lowest BCUT2D eigenvalue weighted by molar-refractivity contribution is -0.140. The summed E-state index contributed by atoms with van der Waals surface area (Å²) in [6.07, 6.45) is -10.4. The minimum absolute atomic E-state index is 0.00700. The normalized spacial score (nSPS) is 12.2. The largest absolute Gasteiger partial charge is 0.419 e. The molecule has 3 aromatic rings. The summed E-state index contributed by atoms with van der Waals surface area (Å²) in [5.74, 6) is -3.44. The Hall–Kier alpha value is -3.44. The van der Waals surface area contributed by atoms with Crippen molar-refractivity contribution in [2.24, 2.45) is 0 Å². The van der Waals surface area contributed by atoms with Crippen LogP contribution < -0.4 is 11.5 Å². The van der Waals surface area contributed by atoms with Crippen LogP contribution in [0.4, 0.5) is 46.9 Å². The van der Waals surface area contributed by atoms with Gasteiger partial charge in [0.05, 0.1) is 16.8 Å². The van der Waals surface area contributed by atoms with Gasteiger partial charge in [-0.25, -0.2) is 13.8 Å². The number of halogens is 8. The minimum atomic E-state index is -4.94. The maximum Gasteiger partial charge on any atom is 0.419 e. The molecule has 0 fully saturated rings. The van der Waals surface area contributed by atoms with Crippen LogP contribution in [0.15, 0.2) is 36.4 Å². The third-order valence-corrected chi connectivity index (χ3v) is 4.57. The number of hydrogen-bond acceptors (Lipinski definition) is 4. The van der Waals surface area contributed by atoms with Gasteiger partial charge < -0.3 is 11.5 Å². The maximum absolute atomic E-state index is 13.6. The van der Waals surface area contributed by atoms with Gasteiger partial charge in [-0.2, -0.15) is 31.3 Å². The van der Waals surface area contributed by atoms with Crippen molar-refractivity contribution in [1.82, 2.24) is 9.97 Å². The molecule has 2 aromatic carbocycles. The first-order chi connectivity index (χ1) is 14.8. The molecule has 4 nitrogen and oxygen atoms in total. The van der Waals surface area contributed by atoms with Crippen molar-refractivity contribution >= 4 is 11.8 Å². The summed E-state index contributed by atoms with van der Waals surface area (Å²) in [4.78, 5) is 7.68. The fourth-order valence-electron chi connectivity index (χ4n) is 3.11. The molecule has 0 spiro atoms. The highest BCUT2D eigenvalue weighted by molar-refractivity contribution is 5.50. The SMILES string of the molecule is Nc1nc(N)c(Cc2ccc(F)c(C(F)(F)F)c2)c(Cc2ccc(F)c(C(F)(F)F)c2)n1. The number of alkyl halides is 6. The molecule has 0 saturated carbocycles. The summed E-state index contributed by atoms with van der Waals surface area (Å²) >= 11 is 0. The van der Waals surface area contributed by atoms with Crippen LogP contribution in [0.5, 0.6) is 0 Å². The van der Waals surface area contributed by atoms with Crippen molar-refractivity contribution in [3.8, 4) is 0 Å². The summed E-state index contributed by atoms with van der Waals surface area (Å²) < 4.78 is 105. The van der Waals surface area contributed by atoms with E-state index in [-0.39, 0.29) is 47.0 Å². The van der Waals surface area contributed by atoms with Gasteiger partial charge in [0.1, 0.15) is 17.5 Å². The highest BCUT2D eigenvalue weighted by atomic mass is 19.4. The van der Waals surface area contributed by atoms with Gasteiger partial charge in [-0.05, 0) is 35.4 Å². The molecule has 3 rings (SSSR count). The van der Waals surface area contributed by atoms with Gasteiger partial charge in [0.2, 0.25) is 5.95 Å². The Kier molecular flexibility index (Phi) is 5.98. The molecule has 0 bridgehead atoms. The van der Waals surface area contributed by atoms with Crippen molar-refractivity contribution < 1.29 is 35.1 Å². The fraction of sp³-hybridized carbons (Fsp3) is 0.200. The molecule has 1 aromatic heterocycles. The first kappa shape index (κ1) is 23.2. The Morgan fingerprint density at radius 2 is 1.16 bits per heavy atom. The number of aromatic nitrogens is 2. The Balaban J connectivity index is 2.02. The van der Waals surface area contributed by atoms with Crippen LogP contribution in [0.1, 0.15) is 33.5 Å². The molecule has 0 atom stereocenters. The molecule has 0 unspecified atom stereocenters. The number of rotatable bonds is 4. The Morgan fingerprint density at radius 1 is 0.688 bits per heavy atom. The van der Waals surface area contributed by atoms with Gasteiger partial charge in [-0.1, -0.05) is 12.1 Å². The van der Waals surface area contributed by atoms with Crippen LogP contribution in [0.2, 0.25) is 0 Å². The average molecular weight is 462 g/mol. The molecule has 0 saturated heterocycles. The predicted molar refractivity (Wildman–Crippen MR) is 99.3 cm³/mol. The molecule has 0 aliphatic carbocycles. The molecule has 12 heteroatoms. The van der Waals surface area contributed by atoms with E-state index in [0.717, 1.165) is 12.1 Å². The second kappa shape index (κ2) is 8.24. The van der Waals surface area contributed by atoms with E-state index in [4.69, 9.17) is 11.5 Å². The van der Waals surface area contributed by atoms with Crippen LogP contribution in [0.3, 0.4) is 0 Å². The zero-order valence-corrected chi connectivity index (χ0v) is 16.0. The molecule has 0 aliphatic rings. The second-order valence-electron chi connectivity index (χ2n) is 6.87. The van der Waals surface area contributed by atoms with Gasteiger partial charge >= 0.3 is 12.4 Å². The minimum Gasteiger partial charge on any atom is -0.383 e. The van der Waals surface area contributed by atoms with Crippen LogP contribution in [0.25, 0.3) is 0 Å². The van der Waals surface area contributed by atoms with Crippen molar-refractivity contribution in [2.75, 3.05) is 11.5 Å². The van der Waals surface area contributed by atoms with Gasteiger partial charge in [0, 0.05) is 18.4 Å². The van der Waals surface area contributed by atoms with Gasteiger partial charge in [0.25, 0.3) is 0 Å². The van der Waals surface area contributed by atoms with Crippen LogP contribution >= 0.6 is 0 Å². The number of nitrogens with zero attached hydrogens (tertiary/aromatic N) is 2. The van der Waals surface area contributed by atoms with Crippen molar-refractivity contribution in [3.05, 3.63) is 81.5 Å². The quantitative estimate of drug-likeness (QED) is 0.527. The second-order valence-corrected chi connectivity index (χ2v) is 6.87. The lowest BCUT2D eigenvalue weighted by Gasteiger charge is -2.15. The predicted octanol–water partition coefficient (Wildman–Crippen LogP) is 5.14. The molecule has 0 aliphatic heterocycles. The number of anilines is 2. The highest BCUT2D eigenvalue weighted by Gasteiger charge is 2.35. The third-order valence-electron chi connectivity index (χ3n) is 4.57. The van der Waals surface area contributed by atoms with E-state index in [1.807, 2.05) is 0 Å². The van der Waals surface area contributed by atoms with E-state index in [1.54, 1.807) is 0 Å². The Labute approximate surface area is 175 Å². The summed E-state index contributed by atoms with van der Waals surface area (Å²) in [7, 11) is 0. The molecule has 4 N–H and O–H groups in total. The van der Waals surface area contributed by atoms with Crippen molar-refractivity contribution in [2.45, 2.75) is 25.2 Å². The lowest BCUT2D eigenvalue weighted by Crippen LogP contribution is -2.13. The van der Waals surface area contributed by atoms with E-state index in [1.165, 1.54) is 0 Å². The molecule has 0 amide bonds. The monoisotopic (exact) mass is 462 g/mol. The fourth-order valence-corrected chi connectivity index (χ4v) is 3.11. The molecule has 32 heavy (non-hydrogen) atoms. The Bertz CT molecular complexity index is 1160. The van der Waals surface area contributed by atoms with E-state index < -0.39 is 35.1 Å². The van der Waals surface area contributed by atoms with E-state index in [0.29, 0.717) is 24.3 Å². The third kappa shape index (κ3) is 5.06. The van der Waals surface area contributed by atoms with Crippen molar-refractivity contribution in [1.29, 1.82) is 0 Å². The summed E-state index contributed by atoms with van der Waals surface area (Å²) in [5, 5.41) is 0. The smallest absolute Gasteiger partial charge is 0.383 e. The summed E-state index contributed by atoms with van der Waals surface area (Å²) in [6.45, 7) is 0. The molecule has 170 valence electrons. The zero-order chi connectivity index (χ0) is 23.8.